The summed E-state index contributed by atoms with van der Waals surface area (Å²) in [5.74, 6) is -3.04. The molecule has 0 radical (unpaired) electrons. The average molecular weight is 315 g/mol. The van der Waals surface area contributed by atoms with Gasteiger partial charge in [0.15, 0.2) is 0 Å². The van der Waals surface area contributed by atoms with Crippen LogP contribution >= 0.6 is 0 Å². The van der Waals surface area contributed by atoms with Crippen LogP contribution < -0.4 is 0 Å². The van der Waals surface area contributed by atoms with Crippen molar-refractivity contribution in [1.82, 2.24) is 4.57 Å². The predicted molar refractivity (Wildman–Crippen MR) is 89.9 cm³/mol. The minimum Gasteiger partial charge on any atom is -0.507 e. The molecule has 0 spiro atoms. The van der Waals surface area contributed by atoms with Crippen LogP contribution in [0.5, 0.6) is 0 Å². The number of aliphatic carboxylic acids is 1. The first-order valence-corrected chi connectivity index (χ1v) is 7.33. The topological polar surface area (TPSA) is 79.5 Å². The van der Waals surface area contributed by atoms with E-state index in [4.69, 9.17) is 5.11 Å². The van der Waals surface area contributed by atoms with Crippen molar-refractivity contribution in [2.45, 2.75) is 34.6 Å². The number of rotatable bonds is 3. The van der Waals surface area contributed by atoms with Crippen LogP contribution in [0.1, 0.15) is 33.5 Å². The summed E-state index contributed by atoms with van der Waals surface area (Å²) >= 11 is 0. The van der Waals surface area contributed by atoms with Crippen molar-refractivity contribution in [3.8, 4) is 0 Å². The van der Waals surface area contributed by atoms with Gasteiger partial charge in [0.05, 0.1) is 5.52 Å². The van der Waals surface area contributed by atoms with Gasteiger partial charge in [-0.1, -0.05) is 0 Å². The van der Waals surface area contributed by atoms with Gasteiger partial charge < -0.3 is 14.8 Å². The summed E-state index contributed by atoms with van der Waals surface area (Å²) in [5, 5.41) is 20.0. The number of fused-ring (bicyclic) bond motifs is 1. The van der Waals surface area contributed by atoms with Crippen molar-refractivity contribution in [1.29, 1.82) is 0 Å². The quantitative estimate of drug-likeness (QED) is 0.517. The summed E-state index contributed by atoms with van der Waals surface area (Å²) in [4.78, 5) is 22.1. The average Bonchev–Trinajstić information content (AvgIpc) is 2.75. The number of carbonyl (C=O) groups excluding carboxylic acids is 1. The Kier molecular flexibility index (Phi) is 4.07. The first kappa shape index (κ1) is 16.8. The molecule has 2 N–H and O–H groups in total. The lowest BCUT2D eigenvalue weighted by Crippen LogP contribution is -2.09. The zero-order valence-electron chi connectivity index (χ0n) is 14.2. The van der Waals surface area contributed by atoms with Crippen LogP contribution in [0.3, 0.4) is 0 Å². The van der Waals surface area contributed by atoms with Gasteiger partial charge in [0.2, 0.25) is 0 Å². The molecule has 5 heteroatoms. The minimum atomic E-state index is -1.59. The van der Waals surface area contributed by atoms with E-state index >= 15 is 0 Å². The van der Waals surface area contributed by atoms with E-state index in [0.717, 1.165) is 39.4 Å². The Morgan fingerprint density at radius 1 is 0.913 bits per heavy atom. The number of benzene rings is 1. The van der Waals surface area contributed by atoms with Gasteiger partial charge in [-0.15, -0.1) is 0 Å². The van der Waals surface area contributed by atoms with E-state index in [2.05, 4.69) is 6.92 Å². The van der Waals surface area contributed by atoms with Gasteiger partial charge >= 0.3 is 5.97 Å². The summed E-state index contributed by atoms with van der Waals surface area (Å²) in [5.41, 5.74) is 6.72. The maximum absolute atomic E-state index is 11.4. The third-order valence-corrected chi connectivity index (χ3v) is 4.84. The lowest BCUT2D eigenvalue weighted by atomic mass is 9.93. The number of aliphatic hydroxyl groups is 1. The van der Waals surface area contributed by atoms with E-state index in [1.807, 2.05) is 39.3 Å². The van der Waals surface area contributed by atoms with Crippen molar-refractivity contribution >= 4 is 28.4 Å². The molecule has 0 aliphatic rings. The maximum Gasteiger partial charge on any atom is 0.376 e. The van der Waals surface area contributed by atoms with Crippen LogP contribution in [0, 0.1) is 34.6 Å². The van der Waals surface area contributed by atoms with Crippen molar-refractivity contribution in [3.63, 3.8) is 0 Å². The fraction of sp³-hybridized carbons (Fsp3) is 0.333. The Hall–Kier alpha value is -2.56. The number of carboxylic acid groups (broad SMARTS) is 1. The molecule has 2 rings (SSSR count). The zero-order chi connectivity index (χ0) is 17.6. The highest BCUT2D eigenvalue weighted by Crippen LogP contribution is 2.37. The lowest BCUT2D eigenvalue weighted by Gasteiger charge is -2.13. The van der Waals surface area contributed by atoms with Crippen molar-refractivity contribution in [3.05, 3.63) is 39.6 Å². The van der Waals surface area contributed by atoms with Crippen LogP contribution in [-0.2, 0) is 16.6 Å². The van der Waals surface area contributed by atoms with Crippen LogP contribution in [-0.4, -0.2) is 26.5 Å². The lowest BCUT2D eigenvalue weighted by molar-refractivity contribution is -0.146. The third kappa shape index (κ3) is 2.42. The Balaban J connectivity index is 2.94. The fourth-order valence-electron chi connectivity index (χ4n) is 3.11. The molecule has 0 bridgehead atoms. The zero-order valence-corrected chi connectivity index (χ0v) is 14.2. The van der Waals surface area contributed by atoms with Crippen molar-refractivity contribution in [2.75, 3.05) is 0 Å². The Labute approximate surface area is 134 Å². The highest BCUT2D eigenvalue weighted by atomic mass is 16.4. The molecule has 0 saturated heterocycles. The molecule has 0 atom stereocenters. The maximum atomic E-state index is 11.4. The monoisotopic (exact) mass is 315 g/mol. The number of carboxylic acids is 1. The number of aliphatic hydroxyl groups excluding tert-OH is 1. The molecule has 0 aliphatic heterocycles. The number of carbonyl (C=O) groups is 2. The molecule has 0 fully saturated rings. The summed E-state index contributed by atoms with van der Waals surface area (Å²) in [6.45, 7) is 9.92. The first-order valence-electron chi connectivity index (χ1n) is 7.33. The van der Waals surface area contributed by atoms with Crippen molar-refractivity contribution < 1.29 is 19.8 Å². The van der Waals surface area contributed by atoms with E-state index < -0.39 is 11.8 Å². The standard InChI is InChI=1S/C18H21NO4/c1-8-9(2)11(4)17-15(10(8)3)16(12(5)19(17)6)13(20)7-14(21)18(22)23/h7,20H,1-6H3,(H,22,23). The highest BCUT2D eigenvalue weighted by Gasteiger charge is 2.22. The largest absolute Gasteiger partial charge is 0.507 e. The molecule has 1 aromatic carbocycles. The van der Waals surface area contributed by atoms with Gasteiger partial charge in [0.1, 0.15) is 5.76 Å². The van der Waals surface area contributed by atoms with E-state index in [9.17, 15) is 14.7 Å². The van der Waals surface area contributed by atoms with Crippen LogP contribution in [0.4, 0.5) is 0 Å². The number of hydrogen-bond donors (Lipinski definition) is 2. The molecule has 0 aliphatic carbocycles. The Morgan fingerprint density at radius 3 is 1.96 bits per heavy atom. The Morgan fingerprint density at radius 2 is 1.43 bits per heavy atom. The fourth-order valence-corrected chi connectivity index (χ4v) is 3.11. The molecule has 2 aromatic rings. The summed E-state index contributed by atoms with van der Waals surface area (Å²) < 4.78 is 1.97. The first-order chi connectivity index (χ1) is 10.6. The van der Waals surface area contributed by atoms with E-state index in [-0.39, 0.29) is 5.76 Å². The number of aryl methyl sites for hydroxylation is 3. The molecule has 0 unspecified atom stereocenters. The molecule has 5 nitrogen and oxygen atoms in total. The van der Waals surface area contributed by atoms with Crippen LogP contribution in [0.25, 0.3) is 16.7 Å². The van der Waals surface area contributed by atoms with Gasteiger partial charge in [-0.25, -0.2) is 4.79 Å². The predicted octanol–water partition coefficient (Wildman–Crippen LogP) is 3.27. The normalized spacial score (nSPS) is 12.0. The molecular formula is C18H21NO4. The molecule has 0 amide bonds. The van der Waals surface area contributed by atoms with Crippen LogP contribution in [0.2, 0.25) is 0 Å². The smallest absolute Gasteiger partial charge is 0.376 e. The van der Waals surface area contributed by atoms with Gasteiger partial charge in [-0.05, 0) is 56.9 Å². The van der Waals surface area contributed by atoms with Gasteiger partial charge in [-0.3, -0.25) is 4.79 Å². The number of hydrogen-bond acceptors (Lipinski definition) is 3. The molecular weight excluding hydrogens is 294 g/mol. The molecule has 122 valence electrons. The van der Waals surface area contributed by atoms with Crippen LogP contribution in [0.15, 0.2) is 6.08 Å². The van der Waals surface area contributed by atoms with Gasteiger partial charge in [0, 0.05) is 29.8 Å². The molecule has 1 heterocycles. The van der Waals surface area contributed by atoms with E-state index in [0.29, 0.717) is 5.56 Å². The molecule has 1 aromatic heterocycles. The van der Waals surface area contributed by atoms with Gasteiger partial charge in [-0.2, -0.15) is 0 Å². The SMILES string of the molecule is Cc1c(C)c(C)c2c(c1C)c(C(O)=CC(=O)C(=O)O)c(C)n2C. The van der Waals surface area contributed by atoms with E-state index in [1.54, 1.807) is 0 Å². The highest BCUT2D eigenvalue weighted by molar-refractivity contribution is 6.38. The summed E-state index contributed by atoms with van der Waals surface area (Å²) in [6, 6.07) is 0. The second-order valence-electron chi connectivity index (χ2n) is 5.94. The number of aromatic nitrogens is 1. The van der Waals surface area contributed by atoms with Crippen molar-refractivity contribution in [2.24, 2.45) is 7.05 Å². The molecule has 0 saturated carbocycles. The number of nitrogens with zero attached hydrogens (tertiary/aromatic N) is 1. The van der Waals surface area contributed by atoms with Gasteiger partial charge in [0.25, 0.3) is 5.78 Å². The minimum absolute atomic E-state index is 0.314. The molecule has 23 heavy (non-hydrogen) atoms. The summed E-state index contributed by atoms with van der Waals surface area (Å²) in [7, 11) is 1.90. The Bertz CT molecular complexity index is 885. The summed E-state index contributed by atoms with van der Waals surface area (Å²) in [6.07, 6.45) is 0.772. The number of ketones is 1. The third-order valence-electron chi connectivity index (χ3n) is 4.84. The van der Waals surface area contributed by atoms with E-state index in [1.165, 1.54) is 5.56 Å². The second kappa shape index (κ2) is 5.57. The second-order valence-corrected chi connectivity index (χ2v) is 5.94.